The Bertz CT molecular complexity index is 306. The topological polar surface area (TPSA) is 74.6 Å². The molecule has 2 unspecified atom stereocenters. The summed E-state index contributed by atoms with van der Waals surface area (Å²) < 4.78 is 0. The van der Waals surface area contributed by atoms with Gasteiger partial charge in [-0.15, -0.1) is 0 Å². The predicted octanol–water partition coefficient (Wildman–Crippen LogP) is 4.69. The van der Waals surface area contributed by atoms with Crippen molar-refractivity contribution < 1.29 is 19.8 Å². The number of carbonyl (C=O) groups is 2. The summed E-state index contributed by atoms with van der Waals surface area (Å²) in [6.45, 7) is 16.8. The van der Waals surface area contributed by atoms with E-state index in [0.717, 1.165) is 12.8 Å². The van der Waals surface area contributed by atoms with E-state index in [1.54, 1.807) is 0 Å². The molecule has 0 aromatic rings. The first-order chi connectivity index (χ1) is 9.62. The van der Waals surface area contributed by atoms with Crippen molar-refractivity contribution in [2.45, 2.75) is 81.1 Å². The van der Waals surface area contributed by atoms with E-state index in [0.29, 0.717) is 0 Å². The van der Waals surface area contributed by atoms with Gasteiger partial charge in [-0.25, -0.2) is 0 Å². The Morgan fingerprint density at radius 2 is 0.957 bits per heavy atom. The van der Waals surface area contributed by atoms with Gasteiger partial charge in [0.1, 0.15) is 0 Å². The van der Waals surface area contributed by atoms with Crippen LogP contribution in [0.2, 0.25) is 0 Å². The van der Waals surface area contributed by atoms with Crippen LogP contribution in [-0.2, 0) is 9.59 Å². The number of hydrogen-bond acceptors (Lipinski definition) is 2. The van der Waals surface area contributed by atoms with Gasteiger partial charge in [-0.05, 0) is 35.5 Å². The fourth-order valence-corrected chi connectivity index (χ4v) is 2.83. The van der Waals surface area contributed by atoms with Crippen LogP contribution in [0.1, 0.15) is 81.1 Å². The number of carboxylic acid groups (broad SMARTS) is 2. The molecule has 0 aromatic carbocycles. The molecule has 2 N–H and O–H groups in total. The van der Waals surface area contributed by atoms with E-state index in [4.69, 9.17) is 10.2 Å². The second kappa shape index (κ2) is 12.3. The van der Waals surface area contributed by atoms with Crippen LogP contribution in [0.15, 0.2) is 0 Å². The zero-order chi connectivity index (χ0) is 18.1. The summed E-state index contributed by atoms with van der Waals surface area (Å²) >= 11 is 0. The Morgan fingerprint density at radius 3 is 1.09 bits per heavy atom. The SMILES string of the molecule is CC(CC(=O)O)CC(C)(C)C.CC(CC(=O)O)CC(C)(C)C.[Pb]. The first-order valence-electron chi connectivity index (χ1n) is 8.06. The second-order valence-corrected chi connectivity index (χ2v) is 8.94. The molecule has 0 rings (SSSR count). The summed E-state index contributed by atoms with van der Waals surface area (Å²) in [4.78, 5) is 20.6. The van der Waals surface area contributed by atoms with E-state index in [1.165, 1.54) is 0 Å². The van der Waals surface area contributed by atoms with Crippen LogP contribution in [0.4, 0.5) is 0 Å². The van der Waals surface area contributed by atoms with Gasteiger partial charge in [0.15, 0.2) is 0 Å². The first kappa shape index (κ1) is 27.7. The number of aliphatic carboxylic acids is 2. The van der Waals surface area contributed by atoms with Crippen molar-refractivity contribution in [2.24, 2.45) is 22.7 Å². The van der Waals surface area contributed by atoms with E-state index >= 15 is 0 Å². The Labute approximate surface area is 162 Å². The molecule has 136 valence electrons. The third-order valence-electron chi connectivity index (χ3n) is 2.97. The van der Waals surface area contributed by atoms with Crippen molar-refractivity contribution in [3.8, 4) is 0 Å². The predicted molar refractivity (Wildman–Crippen MR) is 96.7 cm³/mol. The van der Waals surface area contributed by atoms with Crippen LogP contribution < -0.4 is 0 Å². The normalized spacial score (nSPS) is 13.9. The Kier molecular flexibility index (Phi) is 14.8. The summed E-state index contributed by atoms with van der Waals surface area (Å²) in [5, 5.41) is 17.0. The van der Waals surface area contributed by atoms with E-state index in [-0.39, 0.29) is 62.8 Å². The smallest absolute Gasteiger partial charge is 0.303 e. The summed E-state index contributed by atoms with van der Waals surface area (Å²) in [7, 11) is 0. The molecule has 0 saturated carbocycles. The van der Waals surface area contributed by atoms with Crippen LogP contribution in [0.5, 0.6) is 0 Å². The van der Waals surface area contributed by atoms with Gasteiger partial charge in [-0.3, -0.25) is 9.59 Å². The monoisotopic (exact) mass is 524 g/mol. The molecule has 2 atom stereocenters. The second-order valence-electron chi connectivity index (χ2n) is 8.94. The average molecular weight is 524 g/mol. The van der Waals surface area contributed by atoms with Crippen molar-refractivity contribution in [1.29, 1.82) is 0 Å². The minimum atomic E-state index is -0.693. The van der Waals surface area contributed by atoms with Gasteiger partial charge in [0.05, 0.1) is 0 Å². The number of rotatable bonds is 6. The molecular weight excluding hydrogens is 487 g/mol. The maximum absolute atomic E-state index is 10.3. The van der Waals surface area contributed by atoms with Gasteiger partial charge < -0.3 is 10.2 Å². The maximum atomic E-state index is 10.3. The van der Waals surface area contributed by atoms with Crippen LogP contribution in [0.25, 0.3) is 0 Å². The maximum Gasteiger partial charge on any atom is 0.303 e. The van der Waals surface area contributed by atoms with E-state index in [1.807, 2.05) is 13.8 Å². The third kappa shape index (κ3) is 27.0. The fourth-order valence-electron chi connectivity index (χ4n) is 2.83. The fraction of sp³-hybridized carbons (Fsp3) is 0.889. The van der Waals surface area contributed by atoms with Crippen LogP contribution in [-0.4, -0.2) is 49.5 Å². The molecule has 4 nitrogen and oxygen atoms in total. The molecule has 0 heterocycles. The van der Waals surface area contributed by atoms with Crippen molar-refractivity contribution in [3.05, 3.63) is 0 Å². The summed E-state index contributed by atoms with van der Waals surface area (Å²) in [6.07, 6.45) is 2.52. The standard InChI is InChI=1S/2C9H18O2.Pb/c2*1-7(5-8(10)11)6-9(2,3)4;/h2*7H,5-6H2,1-4H3,(H,10,11);. The zero-order valence-corrected chi connectivity index (χ0v) is 20.1. The Balaban J connectivity index is -0.000000333. The van der Waals surface area contributed by atoms with E-state index in [2.05, 4.69) is 41.5 Å². The molecule has 23 heavy (non-hydrogen) atoms. The van der Waals surface area contributed by atoms with Gasteiger partial charge >= 0.3 is 11.9 Å². The molecule has 0 spiro atoms. The van der Waals surface area contributed by atoms with E-state index in [9.17, 15) is 9.59 Å². The minimum Gasteiger partial charge on any atom is -0.481 e. The average Bonchev–Trinajstić information content (AvgIpc) is 2.07. The van der Waals surface area contributed by atoms with Gasteiger partial charge in [0, 0.05) is 40.1 Å². The zero-order valence-electron chi connectivity index (χ0n) is 16.2. The molecule has 4 radical (unpaired) electrons. The van der Waals surface area contributed by atoms with Gasteiger partial charge in [-0.1, -0.05) is 55.4 Å². The van der Waals surface area contributed by atoms with E-state index < -0.39 is 11.9 Å². The van der Waals surface area contributed by atoms with Crippen LogP contribution in [0, 0.1) is 22.7 Å². The number of carboxylic acids is 2. The molecule has 0 fully saturated rings. The molecule has 0 bridgehead atoms. The van der Waals surface area contributed by atoms with Crippen LogP contribution >= 0.6 is 0 Å². The molecule has 0 aliphatic carbocycles. The third-order valence-corrected chi connectivity index (χ3v) is 2.97. The molecule has 0 saturated heterocycles. The largest absolute Gasteiger partial charge is 0.481 e. The van der Waals surface area contributed by atoms with Gasteiger partial charge in [0.25, 0.3) is 0 Å². The van der Waals surface area contributed by atoms with Gasteiger partial charge in [0.2, 0.25) is 0 Å². The molecule has 0 aromatic heterocycles. The molecule has 5 heteroatoms. The quantitative estimate of drug-likeness (QED) is 0.496. The molecular formula is C18H36O4Pb. The van der Waals surface area contributed by atoms with Gasteiger partial charge in [-0.2, -0.15) is 0 Å². The van der Waals surface area contributed by atoms with Crippen molar-refractivity contribution in [3.63, 3.8) is 0 Å². The summed E-state index contributed by atoms with van der Waals surface area (Å²) in [5.41, 5.74) is 0.490. The number of hydrogen-bond donors (Lipinski definition) is 2. The molecule has 0 aliphatic rings. The Morgan fingerprint density at radius 1 is 0.739 bits per heavy atom. The molecule has 0 aliphatic heterocycles. The Hall–Kier alpha value is -0.138. The van der Waals surface area contributed by atoms with Crippen LogP contribution in [0.3, 0.4) is 0 Å². The van der Waals surface area contributed by atoms with Crippen molar-refractivity contribution in [1.82, 2.24) is 0 Å². The van der Waals surface area contributed by atoms with Crippen molar-refractivity contribution in [2.75, 3.05) is 0 Å². The summed E-state index contributed by atoms with van der Waals surface area (Å²) in [5.74, 6) is -0.816. The molecule has 0 amide bonds. The van der Waals surface area contributed by atoms with Crippen molar-refractivity contribution >= 4 is 39.2 Å². The first-order valence-corrected chi connectivity index (χ1v) is 8.06. The summed E-state index contributed by atoms with van der Waals surface area (Å²) in [6, 6.07) is 0. The minimum absolute atomic E-state index is 0.